The summed E-state index contributed by atoms with van der Waals surface area (Å²) in [7, 11) is 1.69. The fourth-order valence-electron chi connectivity index (χ4n) is 3.27. The lowest BCUT2D eigenvalue weighted by Crippen LogP contribution is -2.17. The number of ether oxygens (including phenoxy) is 1. The molecule has 1 aliphatic carbocycles. The minimum absolute atomic E-state index is 0.0184. The number of rotatable bonds is 2. The number of benzene rings is 1. The molecule has 2 aliphatic rings. The molecule has 0 amide bonds. The van der Waals surface area contributed by atoms with Gasteiger partial charge in [0.05, 0.1) is 7.11 Å². The first-order chi connectivity index (χ1) is 8.81. The third-order valence-electron chi connectivity index (χ3n) is 4.23. The molecule has 1 aromatic carbocycles. The van der Waals surface area contributed by atoms with Crippen LogP contribution in [0.4, 0.5) is 4.39 Å². The van der Waals surface area contributed by atoms with E-state index in [0.29, 0.717) is 0 Å². The van der Waals surface area contributed by atoms with Gasteiger partial charge >= 0.3 is 0 Å². The lowest BCUT2D eigenvalue weighted by Gasteiger charge is -2.23. The predicted molar refractivity (Wildman–Crippen MR) is 69.6 cm³/mol. The van der Waals surface area contributed by atoms with Gasteiger partial charge in [0, 0.05) is 17.2 Å². The van der Waals surface area contributed by atoms with Gasteiger partial charge in [-0.3, -0.25) is 0 Å². The molecule has 2 nitrogen and oxygen atoms in total. The number of halogens is 1. The van der Waals surface area contributed by atoms with E-state index in [2.05, 4.69) is 5.32 Å². The van der Waals surface area contributed by atoms with Gasteiger partial charge in [-0.25, -0.2) is 4.39 Å². The van der Waals surface area contributed by atoms with Gasteiger partial charge in [0.15, 0.2) is 0 Å². The molecule has 18 heavy (non-hydrogen) atoms. The highest BCUT2D eigenvalue weighted by Gasteiger charge is 2.26. The zero-order chi connectivity index (χ0) is 12.5. The van der Waals surface area contributed by atoms with Gasteiger partial charge in [0.25, 0.3) is 0 Å². The summed E-state index contributed by atoms with van der Waals surface area (Å²) in [4.78, 5) is 0. The van der Waals surface area contributed by atoms with Crippen molar-refractivity contribution in [3.05, 3.63) is 28.6 Å². The molecule has 1 N–H and O–H groups in total. The molecule has 1 heterocycles. The average molecular weight is 249 g/mol. The SMILES string of the molecule is COc1cc(C2CCCN2)c(F)c2c1CCCC2. The highest BCUT2D eigenvalue weighted by molar-refractivity contribution is 5.47. The summed E-state index contributed by atoms with van der Waals surface area (Å²) >= 11 is 0. The van der Waals surface area contributed by atoms with Crippen LogP contribution in [0.2, 0.25) is 0 Å². The monoisotopic (exact) mass is 249 g/mol. The topological polar surface area (TPSA) is 21.3 Å². The largest absolute Gasteiger partial charge is 0.496 e. The van der Waals surface area contributed by atoms with E-state index in [-0.39, 0.29) is 11.9 Å². The van der Waals surface area contributed by atoms with E-state index in [1.165, 1.54) is 0 Å². The maximum absolute atomic E-state index is 14.6. The van der Waals surface area contributed by atoms with E-state index >= 15 is 0 Å². The molecule has 1 fully saturated rings. The second-order valence-electron chi connectivity index (χ2n) is 5.30. The summed E-state index contributed by atoms with van der Waals surface area (Å²) in [5, 5.41) is 3.38. The second kappa shape index (κ2) is 4.88. The number of methoxy groups -OCH3 is 1. The van der Waals surface area contributed by atoms with Crippen LogP contribution >= 0.6 is 0 Å². The Morgan fingerprint density at radius 2 is 2.00 bits per heavy atom. The molecule has 1 atom stereocenters. The molecule has 98 valence electrons. The smallest absolute Gasteiger partial charge is 0.131 e. The molecule has 1 saturated heterocycles. The summed E-state index contributed by atoms with van der Waals surface area (Å²) in [5.74, 6) is 0.903. The summed E-state index contributed by atoms with van der Waals surface area (Å²) in [6, 6.07) is 2.09. The predicted octanol–water partition coefficient (Wildman–Crippen LogP) is 3.14. The molecule has 0 saturated carbocycles. The van der Waals surface area contributed by atoms with E-state index in [4.69, 9.17) is 4.74 Å². The van der Waals surface area contributed by atoms with Crippen molar-refractivity contribution in [3.8, 4) is 5.75 Å². The Hall–Kier alpha value is -1.09. The van der Waals surface area contributed by atoms with Crippen LogP contribution in [0.5, 0.6) is 5.75 Å². The number of hydrogen-bond donors (Lipinski definition) is 1. The lowest BCUT2D eigenvalue weighted by atomic mass is 9.87. The number of hydrogen-bond acceptors (Lipinski definition) is 2. The van der Waals surface area contributed by atoms with Crippen molar-refractivity contribution in [1.29, 1.82) is 0 Å². The van der Waals surface area contributed by atoms with Crippen molar-refractivity contribution in [2.45, 2.75) is 44.6 Å². The molecule has 0 aromatic heterocycles. The minimum Gasteiger partial charge on any atom is -0.496 e. The van der Waals surface area contributed by atoms with Crippen LogP contribution < -0.4 is 10.1 Å². The maximum Gasteiger partial charge on any atom is 0.131 e. The maximum atomic E-state index is 14.6. The van der Waals surface area contributed by atoms with Crippen molar-refractivity contribution >= 4 is 0 Å². The molecule has 1 aromatic rings. The third-order valence-corrected chi connectivity index (χ3v) is 4.23. The molecule has 3 rings (SSSR count). The van der Waals surface area contributed by atoms with Gasteiger partial charge in [-0.15, -0.1) is 0 Å². The average Bonchev–Trinajstić information content (AvgIpc) is 2.93. The number of fused-ring (bicyclic) bond motifs is 1. The molecule has 3 heteroatoms. The summed E-state index contributed by atoms with van der Waals surface area (Å²) in [6.07, 6.45) is 6.20. The van der Waals surface area contributed by atoms with Crippen LogP contribution in [0.3, 0.4) is 0 Å². The lowest BCUT2D eigenvalue weighted by molar-refractivity contribution is 0.400. The van der Waals surface area contributed by atoms with Gasteiger partial charge < -0.3 is 10.1 Å². The van der Waals surface area contributed by atoms with Crippen molar-refractivity contribution in [1.82, 2.24) is 5.32 Å². The van der Waals surface area contributed by atoms with Gasteiger partial charge in [-0.2, -0.15) is 0 Å². The van der Waals surface area contributed by atoms with Crippen LogP contribution in [0.15, 0.2) is 6.07 Å². The normalized spacial score (nSPS) is 22.9. The van der Waals surface area contributed by atoms with Crippen LogP contribution in [0.25, 0.3) is 0 Å². The molecule has 0 radical (unpaired) electrons. The van der Waals surface area contributed by atoms with Crippen LogP contribution in [0, 0.1) is 5.82 Å². The van der Waals surface area contributed by atoms with E-state index in [9.17, 15) is 4.39 Å². The fourth-order valence-corrected chi connectivity index (χ4v) is 3.27. The standard InChI is InChI=1S/C15H20FNO/c1-18-14-9-12(13-7-4-8-17-13)15(16)11-6-3-2-5-10(11)14/h9,13,17H,2-8H2,1H3. The zero-order valence-corrected chi connectivity index (χ0v) is 10.9. The first-order valence-electron chi connectivity index (χ1n) is 6.92. The van der Waals surface area contributed by atoms with E-state index in [1.807, 2.05) is 6.07 Å². The first-order valence-corrected chi connectivity index (χ1v) is 6.92. The zero-order valence-electron chi connectivity index (χ0n) is 10.9. The van der Waals surface area contributed by atoms with Gasteiger partial charge in [0.1, 0.15) is 11.6 Å². The Bertz CT molecular complexity index is 452. The van der Waals surface area contributed by atoms with E-state index < -0.39 is 0 Å². The number of nitrogens with one attached hydrogen (secondary N) is 1. The Morgan fingerprint density at radius 1 is 1.22 bits per heavy atom. The van der Waals surface area contributed by atoms with Gasteiger partial charge in [-0.1, -0.05) is 0 Å². The minimum atomic E-state index is 0.0184. The Balaban J connectivity index is 2.09. The van der Waals surface area contributed by atoms with Crippen LogP contribution in [-0.4, -0.2) is 13.7 Å². The second-order valence-corrected chi connectivity index (χ2v) is 5.30. The quantitative estimate of drug-likeness (QED) is 0.869. The highest BCUT2D eigenvalue weighted by atomic mass is 19.1. The van der Waals surface area contributed by atoms with Crippen molar-refractivity contribution in [2.24, 2.45) is 0 Å². The molecule has 1 unspecified atom stereocenters. The van der Waals surface area contributed by atoms with Crippen molar-refractivity contribution in [3.63, 3.8) is 0 Å². The summed E-state index contributed by atoms with van der Waals surface area (Å²) in [6.45, 7) is 0.990. The Kier molecular flexibility index (Phi) is 3.25. The first kappa shape index (κ1) is 12.0. The molecule has 0 bridgehead atoms. The summed E-state index contributed by atoms with van der Waals surface area (Å²) < 4.78 is 20.1. The van der Waals surface area contributed by atoms with Crippen molar-refractivity contribution in [2.75, 3.05) is 13.7 Å². The highest BCUT2D eigenvalue weighted by Crippen LogP contribution is 2.37. The van der Waals surface area contributed by atoms with Crippen molar-refractivity contribution < 1.29 is 9.13 Å². The fraction of sp³-hybridized carbons (Fsp3) is 0.600. The Morgan fingerprint density at radius 3 is 2.67 bits per heavy atom. The van der Waals surface area contributed by atoms with Gasteiger partial charge in [0.2, 0.25) is 0 Å². The molecular formula is C15H20FNO. The van der Waals surface area contributed by atoms with Gasteiger partial charge in [-0.05, 0) is 56.7 Å². The molecule has 0 spiro atoms. The third kappa shape index (κ3) is 1.91. The summed E-state index contributed by atoms with van der Waals surface area (Å²) in [5.41, 5.74) is 2.82. The van der Waals surface area contributed by atoms with Crippen LogP contribution in [0.1, 0.15) is 48.4 Å². The van der Waals surface area contributed by atoms with Crippen LogP contribution in [-0.2, 0) is 12.8 Å². The molecule has 1 aliphatic heterocycles. The molecular weight excluding hydrogens is 229 g/mol. The van der Waals surface area contributed by atoms with E-state index in [0.717, 1.165) is 67.5 Å². The van der Waals surface area contributed by atoms with E-state index in [1.54, 1.807) is 7.11 Å². The Labute approximate surface area is 108 Å².